The molecule has 0 aromatic heterocycles. The first-order valence-electron chi connectivity index (χ1n) is 6.69. The second-order valence-electron chi connectivity index (χ2n) is 4.50. The van der Waals surface area contributed by atoms with Gasteiger partial charge in [-0.1, -0.05) is 24.3 Å². The van der Waals surface area contributed by atoms with Gasteiger partial charge in [-0.15, -0.1) is 0 Å². The average molecular weight is 441 g/mol. The predicted octanol–water partition coefficient (Wildman–Crippen LogP) is 2.04. The van der Waals surface area contributed by atoms with E-state index in [-0.39, 0.29) is 11.4 Å². The van der Waals surface area contributed by atoms with Crippen molar-refractivity contribution in [2.45, 2.75) is 0 Å². The number of nitro groups is 1. The lowest BCUT2D eigenvalue weighted by molar-refractivity contribution is -0.385. The van der Waals surface area contributed by atoms with Gasteiger partial charge in [0.1, 0.15) is 0 Å². The maximum atomic E-state index is 11.9. The van der Waals surface area contributed by atoms with Crippen LogP contribution in [0.2, 0.25) is 0 Å². The third kappa shape index (κ3) is 4.65. The molecule has 0 bridgehead atoms. The minimum atomic E-state index is -0.646. The van der Waals surface area contributed by atoms with E-state index in [1.54, 1.807) is 30.3 Å². The summed E-state index contributed by atoms with van der Waals surface area (Å²) in [6.07, 6.45) is 0. The van der Waals surface area contributed by atoms with E-state index in [1.807, 2.05) is 22.6 Å². The molecule has 0 heterocycles. The first-order chi connectivity index (χ1) is 11.5. The Balaban J connectivity index is 1.87. The van der Waals surface area contributed by atoms with Crippen LogP contribution in [0.1, 0.15) is 10.4 Å². The van der Waals surface area contributed by atoms with Crippen LogP contribution in [0.25, 0.3) is 0 Å². The zero-order valence-corrected chi connectivity index (χ0v) is 14.3. The van der Waals surface area contributed by atoms with Crippen LogP contribution < -0.4 is 15.6 Å². The molecule has 0 spiro atoms. The number of hydrogen-bond acceptors (Lipinski definition) is 5. The first kappa shape index (κ1) is 17.7. The van der Waals surface area contributed by atoms with Crippen LogP contribution in [-0.4, -0.2) is 23.3 Å². The zero-order chi connectivity index (χ0) is 17.5. The highest BCUT2D eigenvalue weighted by atomic mass is 127. The number of ether oxygens (including phenoxy) is 1. The minimum Gasteiger partial charge on any atom is -0.477 e. The summed E-state index contributed by atoms with van der Waals surface area (Å²) in [6, 6.07) is 12.6. The second-order valence-corrected chi connectivity index (χ2v) is 5.66. The van der Waals surface area contributed by atoms with Crippen molar-refractivity contribution < 1.29 is 19.2 Å². The fourth-order valence-electron chi connectivity index (χ4n) is 1.75. The summed E-state index contributed by atoms with van der Waals surface area (Å²) in [5.41, 5.74) is 4.62. The number of hydrazine groups is 1. The van der Waals surface area contributed by atoms with Gasteiger partial charge in [-0.25, -0.2) is 0 Å². The SMILES string of the molecule is O=C(COc1ccccc1[N+](=O)[O-])NNC(=O)c1ccccc1I. The third-order valence-electron chi connectivity index (χ3n) is 2.85. The van der Waals surface area contributed by atoms with E-state index in [0.717, 1.165) is 3.57 Å². The third-order valence-corrected chi connectivity index (χ3v) is 3.80. The lowest BCUT2D eigenvalue weighted by Gasteiger charge is -2.09. The first-order valence-corrected chi connectivity index (χ1v) is 7.77. The Morgan fingerprint density at radius 1 is 1.08 bits per heavy atom. The number of nitrogens with one attached hydrogen (secondary N) is 2. The summed E-state index contributed by atoms with van der Waals surface area (Å²) >= 11 is 2.00. The van der Waals surface area contributed by atoms with Crippen LogP contribution in [0, 0.1) is 13.7 Å². The maximum Gasteiger partial charge on any atom is 0.310 e. The van der Waals surface area contributed by atoms with E-state index >= 15 is 0 Å². The molecule has 0 atom stereocenters. The zero-order valence-electron chi connectivity index (χ0n) is 12.2. The molecule has 2 rings (SSSR count). The fraction of sp³-hybridized carbons (Fsp3) is 0.0667. The highest BCUT2D eigenvalue weighted by Gasteiger charge is 2.15. The van der Waals surface area contributed by atoms with Crippen LogP contribution in [0.15, 0.2) is 48.5 Å². The number of carbonyl (C=O) groups excluding carboxylic acids is 2. The summed E-state index contributed by atoms with van der Waals surface area (Å²) in [5.74, 6) is -1.15. The van der Waals surface area contributed by atoms with E-state index in [2.05, 4.69) is 10.9 Å². The molecule has 2 aromatic carbocycles. The number of nitro benzene ring substituents is 1. The molecule has 24 heavy (non-hydrogen) atoms. The molecular formula is C15H12IN3O5. The van der Waals surface area contributed by atoms with Gasteiger partial charge in [0.25, 0.3) is 11.8 Å². The smallest absolute Gasteiger partial charge is 0.310 e. The lowest BCUT2D eigenvalue weighted by atomic mass is 10.2. The predicted molar refractivity (Wildman–Crippen MR) is 93.4 cm³/mol. The summed E-state index contributed by atoms with van der Waals surface area (Å²) in [7, 11) is 0. The molecule has 2 aromatic rings. The van der Waals surface area contributed by atoms with Crippen LogP contribution in [0.5, 0.6) is 5.75 Å². The molecule has 0 saturated carbocycles. The number of benzene rings is 2. The van der Waals surface area contributed by atoms with E-state index < -0.39 is 23.3 Å². The van der Waals surface area contributed by atoms with Gasteiger partial charge in [0.15, 0.2) is 12.4 Å². The van der Waals surface area contributed by atoms with E-state index in [0.29, 0.717) is 5.56 Å². The van der Waals surface area contributed by atoms with E-state index in [4.69, 9.17) is 4.74 Å². The van der Waals surface area contributed by atoms with Gasteiger partial charge in [0.05, 0.1) is 10.5 Å². The summed E-state index contributed by atoms with van der Waals surface area (Å²) in [6.45, 7) is -0.475. The molecule has 0 saturated heterocycles. The van der Waals surface area contributed by atoms with Gasteiger partial charge in [-0.2, -0.15) is 0 Å². The van der Waals surface area contributed by atoms with Gasteiger partial charge in [0.2, 0.25) is 0 Å². The summed E-state index contributed by atoms with van der Waals surface area (Å²) < 4.78 is 5.85. The molecule has 0 radical (unpaired) electrons. The monoisotopic (exact) mass is 441 g/mol. The minimum absolute atomic E-state index is 0.0263. The molecule has 0 unspecified atom stereocenters. The van der Waals surface area contributed by atoms with Crippen LogP contribution in [-0.2, 0) is 4.79 Å². The van der Waals surface area contributed by atoms with Gasteiger partial charge in [0, 0.05) is 9.64 Å². The fourth-order valence-corrected chi connectivity index (χ4v) is 2.38. The number of nitrogens with zero attached hydrogens (tertiary/aromatic N) is 1. The number of rotatable bonds is 5. The maximum absolute atomic E-state index is 11.9. The number of halogens is 1. The van der Waals surface area contributed by atoms with Crippen LogP contribution in [0.4, 0.5) is 5.69 Å². The molecule has 0 aliphatic carbocycles. The Hall–Kier alpha value is -2.69. The number of carbonyl (C=O) groups is 2. The van der Waals surface area contributed by atoms with Crippen molar-refractivity contribution in [2.75, 3.05) is 6.61 Å². The molecule has 0 aliphatic heterocycles. The molecule has 0 fully saturated rings. The van der Waals surface area contributed by atoms with Crippen molar-refractivity contribution in [1.29, 1.82) is 0 Å². The van der Waals surface area contributed by atoms with Crippen LogP contribution >= 0.6 is 22.6 Å². The lowest BCUT2D eigenvalue weighted by Crippen LogP contribution is -2.44. The normalized spacial score (nSPS) is 9.88. The Kier molecular flexibility index (Phi) is 6.07. The van der Waals surface area contributed by atoms with Gasteiger partial charge < -0.3 is 4.74 Å². The van der Waals surface area contributed by atoms with Crippen LogP contribution in [0.3, 0.4) is 0 Å². The summed E-state index contributed by atoms with van der Waals surface area (Å²) in [4.78, 5) is 33.9. The molecular weight excluding hydrogens is 429 g/mol. The number of hydrogen-bond donors (Lipinski definition) is 2. The highest BCUT2D eigenvalue weighted by molar-refractivity contribution is 14.1. The Morgan fingerprint density at radius 2 is 1.75 bits per heavy atom. The quantitative estimate of drug-likeness (QED) is 0.419. The topological polar surface area (TPSA) is 111 Å². The summed E-state index contributed by atoms with van der Waals surface area (Å²) in [5, 5.41) is 10.8. The van der Waals surface area contributed by atoms with Gasteiger partial charge >= 0.3 is 5.69 Å². The van der Waals surface area contributed by atoms with Crippen molar-refractivity contribution in [1.82, 2.24) is 10.9 Å². The molecule has 9 heteroatoms. The Labute approximate surface area is 150 Å². The average Bonchev–Trinajstić information content (AvgIpc) is 2.58. The van der Waals surface area contributed by atoms with E-state index in [9.17, 15) is 19.7 Å². The highest BCUT2D eigenvalue weighted by Crippen LogP contribution is 2.25. The van der Waals surface area contributed by atoms with Crippen molar-refractivity contribution in [3.8, 4) is 5.75 Å². The van der Waals surface area contributed by atoms with Crippen molar-refractivity contribution in [3.63, 3.8) is 0 Å². The molecule has 124 valence electrons. The molecule has 2 N–H and O–H groups in total. The van der Waals surface area contributed by atoms with Crippen molar-refractivity contribution >= 4 is 40.1 Å². The second kappa shape index (κ2) is 8.24. The van der Waals surface area contributed by atoms with E-state index in [1.165, 1.54) is 18.2 Å². The molecule has 0 aliphatic rings. The Morgan fingerprint density at radius 3 is 2.46 bits per heavy atom. The Bertz CT molecular complexity index is 781. The largest absolute Gasteiger partial charge is 0.477 e. The van der Waals surface area contributed by atoms with Crippen molar-refractivity contribution in [2.24, 2.45) is 0 Å². The molecule has 2 amide bonds. The number of amides is 2. The number of para-hydroxylation sites is 2. The van der Waals surface area contributed by atoms with Crippen molar-refractivity contribution in [3.05, 3.63) is 67.8 Å². The van der Waals surface area contributed by atoms with Gasteiger partial charge in [-0.3, -0.25) is 30.6 Å². The standard InChI is InChI=1S/C15H12IN3O5/c16-11-6-2-1-5-10(11)15(21)18-17-14(20)9-24-13-8-4-3-7-12(13)19(22)23/h1-8H,9H2,(H,17,20)(H,18,21). The molecule has 8 nitrogen and oxygen atoms in total. The van der Waals surface area contributed by atoms with Gasteiger partial charge in [-0.05, 0) is 40.8 Å².